The minimum absolute atomic E-state index is 0.00462. The monoisotopic (exact) mass is 299 g/mol. The molecule has 0 radical (unpaired) electrons. The third kappa shape index (κ3) is 2.88. The number of hydrogen-bond acceptors (Lipinski definition) is 3. The molecule has 1 heterocycles. The fraction of sp³-hybridized carbons (Fsp3) is 0.294. The van der Waals surface area contributed by atoms with Crippen molar-refractivity contribution >= 4 is 11.9 Å². The Hall–Kier alpha value is -2.56. The zero-order chi connectivity index (χ0) is 15.7. The van der Waals surface area contributed by atoms with Gasteiger partial charge in [0, 0.05) is 5.92 Å². The first kappa shape index (κ1) is 14.4. The SMILES string of the molecule is Cc1ccccc1C1CC1C(=O)NCc1ccc(C(=O)O)o1. The number of carboxylic acids is 1. The molecule has 114 valence electrons. The first-order valence-electron chi connectivity index (χ1n) is 7.21. The van der Waals surface area contributed by atoms with Crippen LogP contribution in [-0.4, -0.2) is 17.0 Å². The number of carbonyl (C=O) groups is 2. The number of rotatable bonds is 5. The maximum Gasteiger partial charge on any atom is 0.371 e. The van der Waals surface area contributed by atoms with Crippen LogP contribution in [0.5, 0.6) is 0 Å². The number of furan rings is 1. The van der Waals surface area contributed by atoms with Gasteiger partial charge in [-0.05, 0) is 42.5 Å². The van der Waals surface area contributed by atoms with E-state index in [2.05, 4.69) is 24.4 Å². The molecular formula is C17H17NO4. The minimum Gasteiger partial charge on any atom is -0.475 e. The molecule has 1 aliphatic carbocycles. The molecular weight excluding hydrogens is 282 g/mol. The van der Waals surface area contributed by atoms with Gasteiger partial charge < -0.3 is 14.8 Å². The van der Waals surface area contributed by atoms with Crippen LogP contribution in [0, 0.1) is 12.8 Å². The predicted molar refractivity (Wildman–Crippen MR) is 79.5 cm³/mol. The zero-order valence-electron chi connectivity index (χ0n) is 12.2. The lowest BCUT2D eigenvalue weighted by Crippen LogP contribution is -2.24. The Balaban J connectivity index is 1.55. The highest BCUT2D eigenvalue weighted by Gasteiger charge is 2.44. The smallest absolute Gasteiger partial charge is 0.371 e. The quantitative estimate of drug-likeness (QED) is 0.889. The van der Waals surface area contributed by atoms with Gasteiger partial charge in [0.25, 0.3) is 0 Å². The molecule has 2 atom stereocenters. The summed E-state index contributed by atoms with van der Waals surface area (Å²) < 4.78 is 5.11. The molecule has 0 aliphatic heterocycles. The van der Waals surface area contributed by atoms with Gasteiger partial charge in [0.1, 0.15) is 5.76 Å². The molecule has 0 saturated heterocycles. The van der Waals surface area contributed by atoms with Gasteiger partial charge in [-0.3, -0.25) is 4.79 Å². The Morgan fingerprint density at radius 2 is 2.05 bits per heavy atom. The summed E-state index contributed by atoms with van der Waals surface area (Å²) in [4.78, 5) is 22.9. The third-order valence-electron chi connectivity index (χ3n) is 4.02. The molecule has 2 unspecified atom stereocenters. The van der Waals surface area contributed by atoms with E-state index in [4.69, 9.17) is 9.52 Å². The third-order valence-corrected chi connectivity index (χ3v) is 4.02. The molecule has 1 aromatic heterocycles. The van der Waals surface area contributed by atoms with Crippen LogP contribution in [0.1, 0.15) is 39.8 Å². The second-order valence-corrected chi connectivity index (χ2v) is 5.59. The first-order chi connectivity index (χ1) is 10.6. The lowest BCUT2D eigenvalue weighted by molar-refractivity contribution is -0.122. The second kappa shape index (κ2) is 5.67. The highest BCUT2D eigenvalue weighted by Crippen LogP contribution is 2.48. The number of carbonyl (C=O) groups excluding carboxylic acids is 1. The summed E-state index contributed by atoms with van der Waals surface area (Å²) >= 11 is 0. The van der Waals surface area contributed by atoms with Crippen LogP contribution in [0.2, 0.25) is 0 Å². The molecule has 22 heavy (non-hydrogen) atoms. The van der Waals surface area contributed by atoms with Crippen molar-refractivity contribution in [2.24, 2.45) is 5.92 Å². The number of hydrogen-bond donors (Lipinski definition) is 2. The summed E-state index contributed by atoms with van der Waals surface area (Å²) in [6, 6.07) is 11.1. The van der Waals surface area contributed by atoms with Crippen LogP contribution >= 0.6 is 0 Å². The van der Waals surface area contributed by atoms with Gasteiger partial charge in [0.2, 0.25) is 11.7 Å². The lowest BCUT2D eigenvalue weighted by atomic mass is 10.0. The topological polar surface area (TPSA) is 79.5 Å². The molecule has 3 rings (SSSR count). The Morgan fingerprint density at radius 1 is 1.27 bits per heavy atom. The van der Waals surface area contributed by atoms with E-state index in [0.29, 0.717) is 5.76 Å². The largest absolute Gasteiger partial charge is 0.475 e. The summed E-state index contributed by atoms with van der Waals surface area (Å²) in [6.45, 7) is 2.27. The number of aromatic carboxylic acids is 1. The van der Waals surface area contributed by atoms with Crippen molar-refractivity contribution in [3.8, 4) is 0 Å². The van der Waals surface area contributed by atoms with E-state index in [1.165, 1.54) is 17.2 Å². The molecule has 1 saturated carbocycles. The summed E-state index contributed by atoms with van der Waals surface area (Å²) in [7, 11) is 0. The molecule has 1 aromatic carbocycles. The van der Waals surface area contributed by atoms with E-state index in [1.807, 2.05) is 12.1 Å². The van der Waals surface area contributed by atoms with E-state index in [1.54, 1.807) is 6.07 Å². The van der Waals surface area contributed by atoms with Crippen molar-refractivity contribution in [2.45, 2.75) is 25.8 Å². The molecule has 1 aliphatic rings. The van der Waals surface area contributed by atoms with Gasteiger partial charge in [-0.15, -0.1) is 0 Å². The van der Waals surface area contributed by atoms with E-state index >= 15 is 0 Å². The average molecular weight is 299 g/mol. The molecule has 2 aromatic rings. The van der Waals surface area contributed by atoms with Gasteiger partial charge in [0.05, 0.1) is 6.54 Å². The van der Waals surface area contributed by atoms with Gasteiger partial charge in [-0.2, -0.15) is 0 Å². The van der Waals surface area contributed by atoms with Crippen LogP contribution in [-0.2, 0) is 11.3 Å². The van der Waals surface area contributed by atoms with Gasteiger partial charge >= 0.3 is 5.97 Å². The predicted octanol–water partition coefficient (Wildman–Crippen LogP) is 2.71. The van der Waals surface area contributed by atoms with Crippen molar-refractivity contribution in [1.82, 2.24) is 5.32 Å². The Kier molecular flexibility index (Phi) is 3.71. The Labute approximate surface area is 127 Å². The summed E-state index contributed by atoms with van der Waals surface area (Å²) in [6.07, 6.45) is 0.856. The number of amides is 1. The minimum atomic E-state index is -1.11. The number of benzene rings is 1. The average Bonchev–Trinajstić information content (AvgIpc) is 3.14. The molecule has 0 bridgehead atoms. The van der Waals surface area contributed by atoms with Crippen LogP contribution in [0.3, 0.4) is 0 Å². The van der Waals surface area contributed by atoms with Crippen molar-refractivity contribution in [3.05, 3.63) is 59.0 Å². The van der Waals surface area contributed by atoms with Crippen LogP contribution in [0.15, 0.2) is 40.8 Å². The lowest BCUT2D eigenvalue weighted by Gasteiger charge is -2.05. The molecule has 1 amide bonds. The maximum absolute atomic E-state index is 12.1. The summed E-state index contributed by atoms with van der Waals surface area (Å²) in [5, 5.41) is 11.6. The van der Waals surface area contributed by atoms with E-state index in [0.717, 1.165) is 6.42 Å². The summed E-state index contributed by atoms with van der Waals surface area (Å²) in [5.74, 6) is -0.518. The Bertz CT molecular complexity index is 719. The molecule has 2 N–H and O–H groups in total. The fourth-order valence-electron chi connectivity index (χ4n) is 2.72. The highest BCUT2D eigenvalue weighted by molar-refractivity contribution is 5.84. The zero-order valence-corrected chi connectivity index (χ0v) is 12.2. The van der Waals surface area contributed by atoms with Crippen molar-refractivity contribution in [2.75, 3.05) is 0 Å². The molecule has 5 heteroatoms. The van der Waals surface area contributed by atoms with Crippen LogP contribution < -0.4 is 5.32 Å². The number of nitrogens with one attached hydrogen (secondary N) is 1. The standard InChI is InChI=1S/C17H17NO4/c1-10-4-2-3-5-12(10)13-8-14(13)16(19)18-9-11-6-7-15(22-11)17(20)21/h2-7,13-14H,8-9H2,1H3,(H,18,19)(H,20,21). The van der Waals surface area contributed by atoms with Gasteiger partial charge in [0.15, 0.2) is 0 Å². The summed E-state index contributed by atoms with van der Waals surface area (Å²) in [5.41, 5.74) is 2.44. The maximum atomic E-state index is 12.1. The van der Waals surface area contributed by atoms with Crippen molar-refractivity contribution in [1.29, 1.82) is 0 Å². The van der Waals surface area contributed by atoms with Crippen LogP contribution in [0.25, 0.3) is 0 Å². The normalized spacial score (nSPS) is 19.7. The Morgan fingerprint density at radius 3 is 2.73 bits per heavy atom. The van der Waals surface area contributed by atoms with E-state index in [9.17, 15) is 9.59 Å². The molecule has 1 fully saturated rings. The second-order valence-electron chi connectivity index (χ2n) is 5.59. The van der Waals surface area contributed by atoms with E-state index < -0.39 is 5.97 Å². The number of carboxylic acid groups (broad SMARTS) is 1. The van der Waals surface area contributed by atoms with Crippen molar-refractivity contribution in [3.63, 3.8) is 0 Å². The molecule has 0 spiro atoms. The van der Waals surface area contributed by atoms with Crippen molar-refractivity contribution < 1.29 is 19.1 Å². The van der Waals surface area contributed by atoms with E-state index in [-0.39, 0.29) is 30.0 Å². The first-order valence-corrected chi connectivity index (χ1v) is 7.21. The molecule has 5 nitrogen and oxygen atoms in total. The van der Waals surface area contributed by atoms with Crippen LogP contribution in [0.4, 0.5) is 0 Å². The highest BCUT2D eigenvalue weighted by atomic mass is 16.4. The van der Waals surface area contributed by atoms with Gasteiger partial charge in [-0.1, -0.05) is 24.3 Å². The fourth-order valence-corrected chi connectivity index (χ4v) is 2.72. The number of aryl methyl sites for hydroxylation is 1. The van der Waals surface area contributed by atoms with Gasteiger partial charge in [-0.25, -0.2) is 4.79 Å².